The van der Waals surface area contributed by atoms with Crippen LogP contribution in [-0.2, 0) is 9.53 Å². The van der Waals surface area contributed by atoms with Crippen LogP contribution in [0.15, 0.2) is 76.2 Å². The van der Waals surface area contributed by atoms with E-state index in [1.165, 1.54) is 11.3 Å². The normalized spacial score (nSPS) is 12.9. The van der Waals surface area contributed by atoms with Crippen LogP contribution in [0.2, 0.25) is 0 Å². The van der Waals surface area contributed by atoms with Gasteiger partial charge in [0.1, 0.15) is 22.1 Å². The summed E-state index contributed by atoms with van der Waals surface area (Å²) in [6.07, 6.45) is 0. The number of nitrogens with one attached hydrogen (secondary N) is 2. The van der Waals surface area contributed by atoms with Crippen LogP contribution in [0.3, 0.4) is 0 Å². The lowest BCUT2D eigenvalue weighted by Crippen LogP contribution is -2.35. The number of carbonyl (C=O) groups excluding carboxylic acids is 2. The zero-order chi connectivity index (χ0) is 21.8. The third-order valence-electron chi connectivity index (χ3n) is 4.54. The number of hydrogen-bond donors (Lipinski definition) is 2. The molecule has 4 rings (SSSR count). The van der Waals surface area contributed by atoms with Gasteiger partial charge in [-0.2, -0.15) is 0 Å². The number of thiazole rings is 1. The number of benzene rings is 2. The molecule has 2 heterocycles. The lowest BCUT2D eigenvalue weighted by Gasteiger charge is -2.12. The van der Waals surface area contributed by atoms with Gasteiger partial charge in [-0.05, 0) is 26.0 Å². The number of hydrogen-bond acceptors (Lipinski definition) is 7. The number of aliphatic imine (C=N–C) groups is 1. The van der Waals surface area contributed by atoms with Gasteiger partial charge in [0.15, 0.2) is 0 Å². The number of anilines is 1. The van der Waals surface area contributed by atoms with E-state index in [1.807, 2.05) is 48.5 Å². The first-order valence-electron chi connectivity index (χ1n) is 9.72. The van der Waals surface area contributed by atoms with E-state index >= 15 is 0 Å². The molecular weight excluding hydrogens is 412 g/mol. The molecule has 1 aliphatic heterocycles. The van der Waals surface area contributed by atoms with Crippen LogP contribution >= 0.6 is 11.3 Å². The van der Waals surface area contributed by atoms with Gasteiger partial charge >= 0.3 is 5.97 Å². The quantitative estimate of drug-likeness (QED) is 0.591. The second-order valence-electron chi connectivity index (χ2n) is 6.68. The largest absolute Gasteiger partial charge is 0.462 e. The van der Waals surface area contributed by atoms with E-state index < -0.39 is 11.9 Å². The Balaban J connectivity index is 1.68. The Kier molecular flexibility index (Phi) is 5.90. The van der Waals surface area contributed by atoms with Gasteiger partial charge in [0.25, 0.3) is 5.91 Å². The molecule has 1 aromatic heterocycles. The van der Waals surface area contributed by atoms with Crippen molar-refractivity contribution in [3.63, 3.8) is 0 Å². The van der Waals surface area contributed by atoms with E-state index in [-0.39, 0.29) is 23.7 Å². The molecule has 0 atom stereocenters. The summed E-state index contributed by atoms with van der Waals surface area (Å²) in [6.45, 7) is 3.67. The van der Waals surface area contributed by atoms with Gasteiger partial charge in [0.05, 0.1) is 18.0 Å². The molecule has 1 aliphatic rings. The first-order chi connectivity index (χ1) is 15.1. The molecule has 0 spiro atoms. The lowest BCUT2D eigenvalue weighted by molar-refractivity contribution is -0.137. The Morgan fingerprint density at radius 1 is 1.10 bits per heavy atom. The van der Waals surface area contributed by atoms with E-state index in [0.717, 1.165) is 16.3 Å². The van der Waals surface area contributed by atoms with Crippen LogP contribution < -0.4 is 10.6 Å². The van der Waals surface area contributed by atoms with Crippen molar-refractivity contribution in [2.45, 2.75) is 13.8 Å². The number of rotatable bonds is 4. The molecule has 3 aromatic rings. The first kappa shape index (κ1) is 20.5. The van der Waals surface area contributed by atoms with Crippen LogP contribution in [0.4, 0.5) is 11.4 Å². The number of para-hydroxylation sites is 2. The SMILES string of the molecule is CCOC(=O)C1=C(C)Nc2ccccc2N=C1NC(=O)c1csc(-c2ccccc2)n1. The van der Waals surface area contributed by atoms with E-state index in [2.05, 4.69) is 20.6 Å². The predicted octanol–water partition coefficient (Wildman–Crippen LogP) is 4.53. The molecule has 8 heteroatoms. The fraction of sp³-hybridized carbons (Fsp3) is 0.130. The summed E-state index contributed by atoms with van der Waals surface area (Å²) in [5, 5.41) is 8.35. The molecule has 0 unspecified atom stereocenters. The Morgan fingerprint density at radius 2 is 1.84 bits per heavy atom. The van der Waals surface area contributed by atoms with Crippen molar-refractivity contribution in [2.75, 3.05) is 11.9 Å². The number of amidine groups is 1. The van der Waals surface area contributed by atoms with Gasteiger partial charge in [-0.15, -0.1) is 11.3 Å². The number of nitrogens with zero attached hydrogens (tertiary/aromatic N) is 2. The summed E-state index contributed by atoms with van der Waals surface area (Å²) in [5.74, 6) is -0.901. The first-order valence-corrected chi connectivity index (χ1v) is 10.6. The van der Waals surface area contributed by atoms with E-state index in [4.69, 9.17) is 4.74 Å². The molecule has 0 aliphatic carbocycles. The summed E-state index contributed by atoms with van der Waals surface area (Å²) in [5.41, 5.74) is 3.21. The number of aromatic nitrogens is 1. The number of allylic oxidation sites excluding steroid dienone is 1. The summed E-state index contributed by atoms with van der Waals surface area (Å²) < 4.78 is 5.20. The van der Waals surface area contributed by atoms with E-state index in [0.29, 0.717) is 11.4 Å². The highest BCUT2D eigenvalue weighted by Crippen LogP contribution is 2.30. The van der Waals surface area contributed by atoms with Crippen molar-refractivity contribution in [1.29, 1.82) is 0 Å². The molecule has 0 saturated heterocycles. The maximum atomic E-state index is 13.0. The van der Waals surface area contributed by atoms with E-state index in [1.54, 1.807) is 25.3 Å². The fourth-order valence-corrected chi connectivity index (χ4v) is 3.91. The van der Waals surface area contributed by atoms with E-state index in [9.17, 15) is 9.59 Å². The third-order valence-corrected chi connectivity index (χ3v) is 5.43. The Bertz CT molecular complexity index is 1200. The van der Waals surface area contributed by atoms with Crippen molar-refractivity contribution >= 4 is 40.4 Å². The zero-order valence-electron chi connectivity index (χ0n) is 17.0. The average Bonchev–Trinajstić information content (AvgIpc) is 3.21. The fourth-order valence-electron chi connectivity index (χ4n) is 3.10. The molecule has 0 bridgehead atoms. The highest BCUT2D eigenvalue weighted by atomic mass is 32.1. The maximum absolute atomic E-state index is 13.0. The molecule has 2 N–H and O–H groups in total. The number of ether oxygens (including phenoxy) is 1. The topological polar surface area (TPSA) is 92.7 Å². The predicted molar refractivity (Wildman–Crippen MR) is 122 cm³/mol. The number of carbonyl (C=O) groups is 2. The minimum atomic E-state index is -0.567. The lowest BCUT2D eigenvalue weighted by atomic mass is 10.2. The van der Waals surface area contributed by atoms with Crippen LogP contribution in [0.1, 0.15) is 24.3 Å². The maximum Gasteiger partial charge on any atom is 0.343 e. The molecule has 2 aromatic carbocycles. The van der Waals surface area contributed by atoms with Gasteiger partial charge in [0.2, 0.25) is 0 Å². The minimum Gasteiger partial charge on any atom is -0.462 e. The number of esters is 1. The van der Waals surface area contributed by atoms with Crippen LogP contribution in [-0.4, -0.2) is 29.3 Å². The highest BCUT2D eigenvalue weighted by molar-refractivity contribution is 7.13. The molecule has 31 heavy (non-hydrogen) atoms. The van der Waals surface area contributed by atoms with Gasteiger partial charge in [-0.25, -0.2) is 14.8 Å². The number of fused-ring (bicyclic) bond motifs is 1. The van der Waals surface area contributed by atoms with Crippen LogP contribution in [0.25, 0.3) is 10.6 Å². The van der Waals surface area contributed by atoms with Gasteiger partial charge in [-0.1, -0.05) is 42.5 Å². The van der Waals surface area contributed by atoms with Crippen molar-refractivity contribution < 1.29 is 14.3 Å². The molecule has 0 radical (unpaired) electrons. The molecule has 156 valence electrons. The summed E-state index contributed by atoms with van der Waals surface area (Å²) in [7, 11) is 0. The number of amides is 1. The zero-order valence-corrected chi connectivity index (χ0v) is 17.8. The Labute approximate surface area is 183 Å². The smallest absolute Gasteiger partial charge is 0.343 e. The second-order valence-corrected chi connectivity index (χ2v) is 7.54. The van der Waals surface area contributed by atoms with Gasteiger partial charge in [0, 0.05) is 16.6 Å². The van der Waals surface area contributed by atoms with Gasteiger partial charge < -0.3 is 15.4 Å². The van der Waals surface area contributed by atoms with Crippen molar-refractivity contribution in [1.82, 2.24) is 10.3 Å². The average molecular weight is 433 g/mol. The standard InChI is InChI=1S/C23H20N4O3S/c1-3-30-23(29)19-14(2)24-16-11-7-8-12-17(16)25-20(19)27-21(28)18-13-31-22(26-18)15-9-5-4-6-10-15/h4-13,24H,3H2,1-2H3,(H,25,27,28). The van der Waals surface area contributed by atoms with Crippen molar-refractivity contribution in [3.05, 3.63) is 76.9 Å². The monoisotopic (exact) mass is 432 g/mol. The Hall–Kier alpha value is -3.78. The van der Waals surface area contributed by atoms with Crippen molar-refractivity contribution in [2.24, 2.45) is 4.99 Å². The summed E-state index contributed by atoms with van der Waals surface area (Å²) in [6, 6.07) is 17.0. The minimum absolute atomic E-state index is 0.118. The molecular formula is C23H20N4O3S. The molecule has 1 amide bonds. The molecule has 0 fully saturated rings. The van der Waals surface area contributed by atoms with Crippen LogP contribution in [0, 0.1) is 0 Å². The Morgan fingerprint density at radius 3 is 2.61 bits per heavy atom. The summed E-state index contributed by atoms with van der Waals surface area (Å²) in [4.78, 5) is 34.6. The molecule has 0 saturated carbocycles. The second kappa shape index (κ2) is 8.93. The highest BCUT2D eigenvalue weighted by Gasteiger charge is 2.27. The molecule has 7 nitrogen and oxygen atoms in total. The summed E-state index contributed by atoms with van der Waals surface area (Å²) >= 11 is 1.37. The van der Waals surface area contributed by atoms with Crippen molar-refractivity contribution in [3.8, 4) is 10.6 Å². The third kappa shape index (κ3) is 4.39. The van der Waals surface area contributed by atoms with Crippen LogP contribution in [0.5, 0.6) is 0 Å². The van der Waals surface area contributed by atoms with Gasteiger partial charge in [-0.3, -0.25) is 4.79 Å².